The molecule has 1 aromatic rings. The summed E-state index contributed by atoms with van der Waals surface area (Å²) in [6.07, 6.45) is 2.68. The summed E-state index contributed by atoms with van der Waals surface area (Å²) < 4.78 is 7.58. The number of nitrogens with zero attached hydrogens (tertiary/aromatic N) is 2. The van der Waals surface area contributed by atoms with Gasteiger partial charge in [-0.2, -0.15) is 0 Å². The van der Waals surface area contributed by atoms with Crippen LogP contribution in [0.3, 0.4) is 0 Å². The number of rotatable bonds is 9. The van der Waals surface area contributed by atoms with E-state index >= 15 is 0 Å². The molecule has 1 aromatic heterocycles. The fraction of sp³-hybridized carbons (Fsp3) is 0.692. The molecule has 0 amide bonds. The molecule has 0 aliphatic carbocycles. The van der Waals surface area contributed by atoms with Crippen LogP contribution in [0.25, 0.3) is 0 Å². The minimum absolute atomic E-state index is 0.0420. The number of hydrogen-bond acceptors (Lipinski definition) is 4. The normalized spacial score (nSPS) is 11.2. The maximum Gasteiger partial charge on any atom is 0.313 e. The van der Waals surface area contributed by atoms with Gasteiger partial charge in [0.2, 0.25) is 0 Å². The Labute approximate surface area is 118 Å². The number of imidazole rings is 1. The number of thioether (sulfide) groups is 1. The highest BCUT2D eigenvalue weighted by Gasteiger charge is 2.09. The third-order valence-corrected chi connectivity index (χ3v) is 3.44. The quantitative estimate of drug-likeness (QED) is 0.558. The molecular formula is C13H22N2O3S. The molecule has 0 saturated heterocycles. The molecule has 0 saturated carbocycles. The van der Waals surface area contributed by atoms with E-state index < -0.39 is 5.97 Å². The highest BCUT2D eigenvalue weighted by molar-refractivity contribution is 7.99. The van der Waals surface area contributed by atoms with Gasteiger partial charge in [-0.15, -0.1) is 0 Å². The zero-order chi connectivity index (χ0) is 14.3. The van der Waals surface area contributed by atoms with Crippen LogP contribution in [0.2, 0.25) is 0 Å². The molecule has 0 aliphatic heterocycles. The molecule has 6 heteroatoms. The summed E-state index contributed by atoms with van der Waals surface area (Å²) in [7, 11) is 0. The van der Waals surface area contributed by atoms with Crippen molar-refractivity contribution in [2.45, 2.75) is 38.9 Å². The monoisotopic (exact) mass is 286 g/mol. The second-order valence-electron chi connectivity index (χ2n) is 4.84. The number of aliphatic carboxylic acids is 1. The average Bonchev–Trinajstić information content (AvgIpc) is 2.67. The Kier molecular flexibility index (Phi) is 6.94. The van der Waals surface area contributed by atoms with E-state index in [0.29, 0.717) is 5.92 Å². The van der Waals surface area contributed by atoms with Gasteiger partial charge in [0.1, 0.15) is 0 Å². The van der Waals surface area contributed by atoms with Crippen LogP contribution >= 0.6 is 11.8 Å². The van der Waals surface area contributed by atoms with Crippen LogP contribution in [-0.2, 0) is 16.1 Å². The van der Waals surface area contributed by atoms with Crippen LogP contribution in [0.4, 0.5) is 0 Å². The highest BCUT2D eigenvalue weighted by Crippen LogP contribution is 2.18. The Morgan fingerprint density at radius 3 is 2.95 bits per heavy atom. The summed E-state index contributed by atoms with van der Waals surface area (Å²) in [5, 5.41) is 9.46. The van der Waals surface area contributed by atoms with Crippen LogP contribution in [-0.4, -0.2) is 39.6 Å². The van der Waals surface area contributed by atoms with E-state index in [1.165, 1.54) is 11.8 Å². The average molecular weight is 286 g/mol. The molecule has 0 aliphatic rings. The number of carbonyl (C=O) groups is 1. The number of carboxylic acids is 1. The molecule has 0 atom stereocenters. The second-order valence-corrected chi connectivity index (χ2v) is 5.78. The maximum atomic E-state index is 10.6. The lowest BCUT2D eigenvalue weighted by atomic mass is 10.2. The fourth-order valence-corrected chi connectivity index (χ4v) is 2.37. The van der Waals surface area contributed by atoms with Crippen molar-refractivity contribution in [2.24, 2.45) is 5.92 Å². The van der Waals surface area contributed by atoms with E-state index in [9.17, 15) is 4.79 Å². The van der Waals surface area contributed by atoms with Gasteiger partial charge in [0, 0.05) is 31.6 Å². The summed E-state index contributed by atoms with van der Waals surface area (Å²) in [5.74, 6) is -0.227. The predicted octanol–water partition coefficient (Wildman–Crippen LogP) is 2.43. The molecular weight excluding hydrogens is 264 g/mol. The van der Waals surface area contributed by atoms with Crippen molar-refractivity contribution in [1.29, 1.82) is 0 Å². The first kappa shape index (κ1) is 16.0. The van der Waals surface area contributed by atoms with Crippen molar-refractivity contribution in [3.63, 3.8) is 0 Å². The summed E-state index contributed by atoms with van der Waals surface area (Å²) in [6.45, 7) is 8.54. The molecule has 0 radical (unpaired) electrons. The van der Waals surface area contributed by atoms with Gasteiger partial charge in [-0.3, -0.25) is 4.79 Å². The van der Waals surface area contributed by atoms with Gasteiger partial charge in [0.15, 0.2) is 5.16 Å². The number of aryl methyl sites for hydroxylation is 1. The predicted molar refractivity (Wildman–Crippen MR) is 75.6 cm³/mol. The zero-order valence-corrected chi connectivity index (χ0v) is 12.6. The molecule has 1 N–H and O–H groups in total. The van der Waals surface area contributed by atoms with E-state index in [0.717, 1.165) is 37.0 Å². The molecule has 5 nitrogen and oxygen atoms in total. The molecule has 1 heterocycles. The molecule has 1 rings (SSSR count). The van der Waals surface area contributed by atoms with Gasteiger partial charge in [-0.25, -0.2) is 4.98 Å². The largest absolute Gasteiger partial charge is 0.481 e. The lowest BCUT2D eigenvalue weighted by Gasteiger charge is -2.10. The number of hydrogen-bond donors (Lipinski definition) is 1. The molecule has 0 spiro atoms. The number of aromatic nitrogens is 2. The van der Waals surface area contributed by atoms with E-state index in [1.807, 2.05) is 11.5 Å². The van der Waals surface area contributed by atoms with Gasteiger partial charge < -0.3 is 14.4 Å². The van der Waals surface area contributed by atoms with Crippen molar-refractivity contribution in [3.05, 3.63) is 11.9 Å². The van der Waals surface area contributed by atoms with E-state index in [-0.39, 0.29) is 5.75 Å². The van der Waals surface area contributed by atoms with Crippen molar-refractivity contribution < 1.29 is 14.6 Å². The number of carboxylic acid groups (broad SMARTS) is 1. The van der Waals surface area contributed by atoms with Crippen LogP contribution in [0.5, 0.6) is 0 Å². The van der Waals surface area contributed by atoms with Gasteiger partial charge in [-0.05, 0) is 19.3 Å². The third kappa shape index (κ3) is 6.11. The molecule has 108 valence electrons. The Bertz CT molecular complexity index is 405. The van der Waals surface area contributed by atoms with E-state index in [1.54, 1.807) is 6.20 Å². The summed E-state index contributed by atoms with van der Waals surface area (Å²) >= 11 is 1.26. The minimum Gasteiger partial charge on any atom is -0.481 e. The summed E-state index contributed by atoms with van der Waals surface area (Å²) in [4.78, 5) is 14.8. The van der Waals surface area contributed by atoms with Crippen molar-refractivity contribution in [2.75, 3.05) is 19.0 Å². The van der Waals surface area contributed by atoms with Gasteiger partial charge >= 0.3 is 5.97 Å². The van der Waals surface area contributed by atoms with Gasteiger partial charge in [0.05, 0.1) is 5.75 Å². The highest BCUT2D eigenvalue weighted by atomic mass is 32.2. The molecule has 0 unspecified atom stereocenters. The molecule has 0 fully saturated rings. The Balaban J connectivity index is 2.39. The third-order valence-electron chi connectivity index (χ3n) is 2.46. The lowest BCUT2D eigenvalue weighted by Crippen LogP contribution is -2.09. The fourth-order valence-electron chi connectivity index (χ4n) is 1.60. The van der Waals surface area contributed by atoms with E-state index in [4.69, 9.17) is 9.84 Å². The first-order chi connectivity index (χ1) is 9.00. The van der Waals surface area contributed by atoms with E-state index in [2.05, 4.69) is 18.8 Å². The lowest BCUT2D eigenvalue weighted by molar-refractivity contribution is -0.133. The van der Waals surface area contributed by atoms with Crippen molar-refractivity contribution >= 4 is 17.7 Å². The minimum atomic E-state index is -0.822. The molecule has 0 bridgehead atoms. The summed E-state index contributed by atoms with van der Waals surface area (Å²) in [6, 6.07) is 0. The summed E-state index contributed by atoms with van der Waals surface area (Å²) in [5.41, 5.74) is 1.05. The van der Waals surface area contributed by atoms with Crippen molar-refractivity contribution in [1.82, 2.24) is 9.55 Å². The Morgan fingerprint density at radius 1 is 1.58 bits per heavy atom. The Hall–Kier alpha value is -1.01. The standard InChI is InChI=1S/C13H22N2O3S/c1-10(2)8-18-6-4-5-15-11(3)7-14-13(15)19-9-12(16)17/h7,10H,4-6,8-9H2,1-3H3,(H,16,17). The van der Waals surface area contributed by atoms with Crippen molar-refractivity contribution in [3.8, 4) is 0 Å². The van der Waals surface area contributed by atoms with Gasteiger partial charge in [-0.1, -0.05) is 25.6 Å². The number of ether oxygens (including phenoxy) is 1. The van der Waals surface area contributed by atoms with Gasteiger partial charge in [0.25, 0.3) is 0 Å². The second kappa shape index (κ2) is 8.22. The topological polar surface area (TPSA) is 64.3 Å². The van der Waals surface area contributed by atoms with Crippen LogP contribution in [0, 0.1) is 12.8 Å². The molecule has 19 heavy (non-hydrogen) atoms. The zero-order valence-electron chi connectivity index (χ0n) is 11.8. The van der Waals surface area contributed by atoms with Crippen LogP contribution in [0.1, 0.15) is 26.0 Å². The first-order valence-electron chi connectivity index (χ1n) is 6.45. The molecule has 0 aromatic carbocycles. The smallest absolute Gasteiger partial charge is 0.313 e. The Morgan fingerprint density at radius 2 is 2.32 bits per heavy atom. The van der Waals surface area contributed by atoms with Crippen LogP contribution in [0.15, 0.2) is 11.4 Å². The SMILES string of the molecule is Cc1cnc(SCC(=O)O)n1CCCOCC(C)C. The van der Waals surface area contributed by atoms with Crippen LogP contribution < -0.4 is 0 Å². The first-order valence-corrected chi connectivity index (χ1v) is 7.43. The maximum absolute atomic E-state index is 10.6.